The molecule has 0 aliphatic carbocycles. The number of likely N-dealkylation sites (tertiary alicyclic amines) is 2. The molecule has 4 aliphatic rings. The van der Waals surface area contributed by atoms with Gasteiger partial charge in [0.2, 0.25) is 0 Å². The van der Waals surface area contributed by atoms with E-state index in [1.165, 1.54) is 26.2 Å². The van der Waals surface area contributed by atoms with Crippen LogP contribution >= 0.6 is 0 Å². The van der Waals surface area contributed by atoms with Gasteiger partial charge in [-0.3, -0.25) is 0 Å². The van der Waals surface area contributed by atoms with E-state index in [1.807, 2.05) is 41.5 Å². The molecular formula is C22H38N4O8. The van der Waals surface area contributed by atoms with Crippen molar-refractivity contribution in [3.05, 3.63) is 0 Å². The van der Waals surface area contributed by atoms with E-state index in [2.05, 4.69) is 10.6 Å². The zero-order valence-electron chi connectivity index (χ0n) is 21.0. The maximum absolute atomic E-state index is 11.6. The van der Waals surface area contributed by atoms with Gasteiger partial charge < -0.3 is 49.7 Å². The Kier molecular flexibility index (Phi) is 8.09. The van der Waals surface area contributed by atoms with Crippen LogP contribution < -0.4 is 20.8 Å². The van der Waals surface area contributed by atoms with Crippen LogP contribution in [-0.2, 0) is 19.1 Å². The molecule has 0 unspecified atom stereocenters. The van der Waals surface area contributed by atoms with Crippen LogP contribution in [0.5, 0.6) is 0 Å². The van der Waals surface area contributed by atoms with Crippen molar-refractivity contribution in [3.8, 4) is 0 Å². The van der Waals surface area contributed by atoms with Crippen LogP contribution in [0.1, 0.15) is 41.5 Å². The molecule has 194 valence electrons. The van der Waals surface area contributed by atoms with Crippen LogP contribution in [0.2, 0.25) is 0 Å². The molecule has 0 aromatic heterocycles. The van der Waals surface area contributed by atoms with Crippen LogP contribution in [0.4, 0.5) is 9.59 Å². The minimum absolute atomic E-state index is 0.157. The Morgan fingerprint density at radius 1 is 0.647 bits per heavy atom. The normalized spacial score (nSPS) is 21.1. The van der Waals surface area contributed by atoms with Crippen molar-refractivity contribution in [2.45, 2.75) is 52.7 Å². The largest absolute Gasteiger partial charge is 0.543 e. The van der Waals surface area contributed by atoms with Crippen LogP contribution in [-0.4, -0.2) is 97.5 Å². The number of ether oxygens (including phenoxy) is 2. The molecule has 12 heteroatoms. The lowest BCUT2D eigenvalue weighted by atomic mass is 9.75. The summed E-state index contributed by atoms with van der Waals surface area (Å²) in [5.41, 5.74) is 0.144. The molecule has 4 saturated heterocycles. The van der Waals surface area contributed by atoms with Crippen LogP contribution in [0.3, 0.4) is 0 Å². The molecule has 4 rings (SSSR count). The minimum Gasteiger partial charge on any atom is -0.543 e. The summed E-state index contributed by atoms with van der Waals surface area (Å²) in [6.07, 6.45) is -0.315. The Morgan fingerprint density at radius 2 is 0.912 bits per heavy atom. The molecule has 0 atom stereocenters. The molecule has 0 radical (unpaired) electrons. The molecule has 2 amide bonds. The summed E-state index contributed by atoms with van der Waals surface area (Å²) in [5.74, 6) is -4.37. The van der Waals surface area contributed by atoms with Crippen LogP contribution in [0.15, 0.2) is 0 Å². The third-order valence-electron chi connectivity index (χ3n) is 5.88. The monoisotopic (exact) mass is 486 g/mol. The highest BCUT2D eigenvalue weighted by atomic mass is 16.6. The Bertz CT molecular complexity index is 712. The van der Waals surface area contributed by atoms with Gasteiger partial charge >= 0.3 is 12.2 Å². The quantitative estimate of drug-likeness (QED) is 0.327. The molecule has 4 N–H and O–H groups in total. The Labute approximate surface area is 199 Å². The van der Waals surface area contributed by atoms with E-state index in [-0.39, 0.29) is 23.4 Å². The van der Waals surface area contributed by atoms with E-state index in [0.717, 1.165) is 26.2 Å². The molecule has 2 spiro atoms. The Morgan fingerprint density at radius 3 is 1.06 bits per heavy atom. The lowest BCUT2D eigenvalue weighted by Crippen LogP contribution is -3.04. The predicted molar refractivity (Wildman–Crippen MR) is 114 cm³/mol. The molecule has 0 aromatic carbocycles. The van der Waals surface area contributed by atoms with Gasteiger partial charge in [0.25, 0.3) is 0 Å². The standard InChI is InChI=1S/2C10H18N2O2.C2H2O4/c2*1-9(2,3)14-8(13)12-6-10(7-12)4-11-5-10;3-1(4)2(5)6/h2*11H,4-7H2,1-3H3;(H,3,4)(H,5,6). The van der Waals surface area contributed by atoms with E-state index in [1.54, 1.807) is 9.80 Å². The van der Waals surface area contributed by atoms with Gasteiger partial charge in [-0.1, -0.05) is 0 Å². The van der Waals surface area contributed by atoms with Crippen molar-refractivity contribution in [1.82, 2.24) is 9.80 Å². The van der Waals surface area contributed by atoms with E-state index < -0.39 is 11.9 Å². The number of nitrogens with zero attached hydrogens (tertiary/aromatic N) is 2. The first kappa shape index (κ1) is 27.6. The van der Waals surface area contributed by atoms with Gasteiger partial charge in [-0.2, -0.15) is 0 Å². The third kappa shape index (κ3) is 7.73. The molecular weight excluding hydrogens is 448 g/mol. The van der Waals surface area contributed by atoms with Crippen molar-refractivity contribution in [2.75, 3.05) is 52.4 Å². The molecule has 0 aromatic rings. The van der Waals surface area contributed by atoms with Gasteiger partial charge in [0.1, 0.15) is 22.0 Å². The zero-order valence-corrected chi connectivity index (χ0v) is 21.0. The number of aliphatic carboxylic acids is 2. The molecule has 12 nitrogen and oxygen atoms in total. The summed E-state index contributed by atoms with van der Waals surface area (Å²) >= 11 is 0. The summed E-state index contributed by atoms with van der Waals surface area (Å²) in [6, 6.07) is 0. The second kappa shape index (κ2) is 9.95. The molecule has 0 bridgehead atoms. The number of carbonyl (C=O) groups is 4. The van der Waals surface area contributed by atoms with Crippen LogP contribution in [0.25, 0.3) is 0 Å². The minimum atomic E-state index is -2.19. The fourth-order valence-corrected chi connectivity index (χ4v) is 4.06. The number of nitrogens with two attached hydrogens (primary N) is 2. The average molecular weight is 487 g/mol. The summed E-state index contributed by atoms with van der Waals surface area (Å²) < 4.78 is 10.6. The Balaban J connectivity index is 0.000000196. The van der Waals surface area contributed by atoms with Crippen molar-refractivity contribution >= 4 is 24.1 Å². The molecule has 34 heavy (non-hydrogen) atoms. The highest BCUT2D eigenvalue weighted by molar-refractivity contribution is 6.25. The summed E-state index contributed by atoms with van der Waals surface area (Å²) in [4.78, 5) is 44.6. The number of quaternary nitrogens is 2. The number of carbonyl (C=O) groups excluding carboxylic acids is 4. The summed E-state index contributed by atoms with van der Waals surface area (Å²) in [5, 5.41) is 22.4. The third-order valence-corrected chi connectivity index (χ3v) is 5.88. The molecule has 0 saturated carbocycles. The smallest absolute Gasteiger partial charge is 0.410 e. The fraction of sp³-hybridized carbons (Fsp3) is 0.818. The maximum atomic E-state index is 11.6. The zero-order chi connectivity index (χ0) is 25.9. The van der Waals surface area contributed by atoms with Gasteiger partial charge in [0.15, 0.2) is 0 Å². The lowest BCUT2D eigenvalue weighted by molar-refractivity contribution is -0.747. The van der Waals surface area contributed by atoms with Gasteiger partial charge in [0.05, 0.1) is 38.1 Å². The Hall–Kier alpha value is -2.60. The van der Waals surface area contributed by atoms with Gasteiger partial charge in [-0.15, -0.1) is 0 Å². The van der Waals surface area contributed by atoms with Crippen LogP contribution in [0, 0.1) is 10.8 Å². The first-order valence-electron chi connectivity index (χ1n) is 11.5. The SMILES string of the molecule is CC(C)(C)OC(=O)N1CC2(C[NH2+]C2)C1.CC(C)(C)OC(=O)N1CC2(C[NH2+]C2)C1.O=C([O-])C(=O)[O-]. The second-order valence-corrected chi connectivity index (χ2v) is 11.6. The van der Waals surface area contributed by atoms with Crippen molar-refractivity contribution in [2.24, 2.45) is 10.8 Å². The molecule has 4 fully saturated rings. The number of carboxylic acids is 2. The van der Waals surface area contributed by atoms with Gasteiger partial charge in [0, 0.05) is 26.2 Å². The van der Waals surface area contributed by atoms with E-state index in [9.17, 15) is 9.59 Å². The van der Waals surface area contributed by atoms with Crippen molar-refractivity contribution < 1.29 is 49.5 Å². The number of hydrogen-bond donors (Lipinski definition) is 2. The average Bonchev–Trinajstić information content (AvgIpc) is 2.46. The first-order chi connectivity index (χ1) is 15.4. The van der Waals surface area contributed by atoms with E-state index in [0.29, 0.717) is 10.8 Å². The number of hydrogen-bond acceptors (Lipinski definition) is 8. The lowest BCUT2D eigenvalue weighted by Gasteiger charge is -2.52. The van der Waals surface area contributed by atoms with E-state index in [4.69, 9.17) is 29.3 Å². The highest BCUT2D eigenvalue weighted by Crippen LogP contribution is 2.32. The molecule has 4 heterocycles. The topological polar surface area (TPSA) is 173 Å². The van der Waals surface area contributed by atoms with Gasteiger partial charge in [-0.05, 0) is 41.5 Å². The highest BCUT2D eigenvalue weighted by Gasteiger charge is 2.55. The number of rotatable bonds is 0. The van der Waals surface area contributed by atoms with Crippen molar-refractivity contribution in [3.63, 3.8) is 0 Å². The molecule has 4 aliphatic heterocycles. The predicted octanol–water partition coefficient (Wildman–Crippen LogP) is -3.91. The first-order valence-corrected chi connectivity index (χ1v) is 11.5. The summed E-state index contributed by atoms with van der Waals surface area (Å²) in [6.45, 7) is 19.6. The van der Waals surface area contributed by atoms with Gasteiger partial charge in [-0.25, -0.2) is 9.59 Å². The summed E-state index contributed by atoms with van der Waals surface area (Å²) in [7, 11) is 0. The fourth-order valence-electron chi connectivity index (χ4n) is 4.06. The maximum Gasteiger partial charge on any atom is 0.410 e. The second-order valence-electron chi connectivity index (χ2n) is 11.6. The van der Waals surface area contributed by atoms with E-state index >= 15 is 0 Å². The number of amides is 2. The van der Waals surface area contributed by atoms with Crippen molar-refractivity contribution in [1.29, 1.82) is 0 Å². The number of carboxylic acid groups (broad SMARTS) is 2.